The Morgan fingerprint density at radius 2 is 1.96 bits per heavy atom. The molecule has 1 aliphatic heterocycles. The molecule has 144 valence electrons. The summed E-state index contributed by atoms with van der Waals surface area (Å²) in [6.45, 7) is 3.86. The Bertz CT molecular complexity index is 754. The van der Waals surface area contributed by atoms with Gasteiger partial charge in [0.2, 0.25) is 0 Å². The quantitative estimate of drug-likeness (QED) is 0.695. The fraction of sp³-hybridized carbons (Fsp3) is 0.350. The first kappa shape index (κ1) is 20.1. The van der Waals surface area contributed by atoms with Crippen LogP contribution in [0.25, 0.3) is 0 Å². The number of hydrogen-bond donors (Lipinski definition) is 1. The second kappa shape index (κ2) is 10.1. The summed E-state index contributed by atoms with van der Waals surface area (Å²) in [7, 11) is 0. The molecular weight excluding hydrogens is 432 g/mol. The number of nitrogens with zero attached hydrogens (tertiary/aromatic N) is 1. The fourth-order valence-electron chi connectivity index (χ4n) is 2.93. The number of halogens is 2. The van der Waals surface area contributed by atoms with E-state index in [2.05, 4.69) is 26.1 Å². The number of morpholine rings is 1. The third kappa shape index (κ3) is 6.21. The average Bonchev–Trinajstić information content (AvgIpc) is 2.68. The van der Waals surface area contributed by atoms with Crippen molar-refractivity contribution < 1.29 is 14.3 Å². The third-order valence-electron chi connectivity index (χ3n) is 4.33. The average molecular weight is 454 g/mol. The highest BCUT2D eigenvalue weighted by Gasteiger charge is 2.20. The van der Waals surface area contributed by atoms with Crippen molar-refractivity contribution in [1.82, 2.24) is 10.2 Å². The minimum Gasteiger partial charge on any atom is -0.483 e. The summed E-state index contributed by atoms with van der Waals surface area (Å²) in [5, 5.41) is 3.70. The monoisotopic (exact) mass is 452 g/mol. The molecule has 27 heavy (non-hydrogen) atoms. The van der Waals surface area contributed by atoms with Crippen LogP contribution in [0.2, 0.25) is 5.02 Å². The van der Waals surface area contributed by atoms with Gasteiger partial charge >= 0.3 is 0 Å². The molecular formula is C20H22BrClN2O3. The van der Waals surface area contributed by atoms with E-state index in [1.165, 1.54) is 0 Å². The maximum atomic E-state index is 12.5. The summed E-state index contributed by atoms with van der Waals surface area (Å²) in [6, 6.07) is 15.1. The molecule has 1 N–H and O–H groups in total. The molecule has 1 heterocycles. The Kier molecular flexibility index (Phi) is 7.52. The Morgan fingerprint density at radius 1 is 1.22 bits per heavy atom. The molecule has 5 nitrogen and oxygen atoms in total. The lowest BCUT2D eigenvalue weighted by Crippen LogP contribution is -2.44. The van der Waals surface area contributed by atoms with Gasteiger partial charge in [0.05, 0.1) is 23.7 Å². The van der Waals surface area contributed by atoms with E-state index in [0.29, 0.717) is 10.8 Å². The molecule has 0 aliphatic carbocycles. The first-order chi connectivity index (χ1) is 13.1. The van der Waals surface area contributed by atoms with Crippen molar-refractivity contribution in [2.45, 2.75) is 6.04 Å². The molecule has 0 radical (unpaired) electrons. The second-order valence-electron chi connectivity index (χ2n) is 6.31. The van der Waals surface area contributed by atoms with Gasteiger partial charge < -0.3 is 14.8 Å². The van der Waals surface area contributed by atoms with E-state index >= 15 is 0 Å². The van der Waals surface area contributed by atoms with Crippen LogP contribution in [0.5, 0.6) is 5.75 Å². The third-order valence-corrected chi connectivity index (χ3v) is 5.19. The van der Waals surface area contributed by atoms with Crippen LogP contribution in [0, 0.1) is 0 Å². The fourth-order valence-corrected chi connectivity index (χ4v) is 3.73. The van der Waals surface area contributed by atoms with E-state index in [1.54, 1.807) is 18.2 Å². The highest BCUT2D eigenvalue weighted by Crippen LogP contribution is 2.27. The van der Waals surface area contributed by atoms with Gasteiger partial charge in [-0.05, 0) is 39.7 Å². The zero-order valence-corrected chi connectivity index (χ0v) is 17.2. The smallest absolute Gasteiger partial charge is 0.258 e. The van der Waals surface area contributed by atoms with Gasteiger partial charge in [-0.2, -0.15) is 0 Å². The lowest BCUT2D eigenvalue weighted by atomic mass is 10.1. The largest absolute Gasteiger partial charge is 0.483 e. The Hall–Kier alpha value is -1.60. The van der Waals surface area contributed by atoms with Crippen LogP contribution in [0.4, 0.5) is 0 Å². The van der Waals surface area contributed by atoms with E-state index < -0.39 is 0 Å². The number of benzene rings is 2. The normalized spacial score (nSPS) is 15.9. The minimum atomic E-state index is -0.168. The molecule has 2 aromatic carbocycles. The van der Waals surface area contributed by atoms with Crippen molar-refractivity contribution in [2.75, 3.05) is 39.5 Å². The highest BCUT2D eigenvalue weighted by molar-refractivity contribution is 9.10. The number of nitrogens with one attached hydrogen (secondary N) is 1. The van der Waals surface area contributed by atoms with Gasteiger partial charge in [-0.15, -0.1) is 0 Å². The molecule has 0 aromatic heterocycles. The van der Waals surface area contributed by atoms with Crippen LogP contribution in [-0.4, -0.2) is 50.3 Å². The van der Waals surface area contributed by atoms with E-state index in [4.69, 9.17) is 21.1 Å². The summed E-state index contributed by atoms with van der Waals surface area (Å²) in [5.74, 6) is 0.415. The van der Waals surface area contributed by atoms with Gasteiger partial charge in [0, 0.05) is 24.7 Å². The molecule has 3 rings (SSSR count). The van der Waals surface area contributed by atoms with Crippen LogP contribution in [0.3, 0.4) is 0 Å². The highest BCUT2D eigenvalue weighted by atomic mass is 79.9. The molecule has 1 atom stereocenters. The van der Waals surface area contributed by atoms with Gasteiger partial charge in [-0.1, -0.05) is 41.9 Å². The summed E-state index contributed by atoms with van der Waals surface area (Å²) in [6.07, 6.45) is 0. The molecule has 0 spiro atoms. The zero-order valence-electron chi connectivity index (χ0n) is 14.9. The zero-order chi connectivity index (χ0) is 19.1. The standard InChI is InChI=1S/C20H22BrClN2O3/c21-17-12-16(22)6-7-19(17)27-14-20(25)23-18(15-4-2-1-3-5-15)13-24-8-10-26-11-9-24/h1-7,12,18H,8-11,13-14H2,(H,23,25). The van der Waals surface area contributed by atoms with Crippen LogP contribution in [0.1, 0.15) is 11.6 Å². The molecule has 1 amide bonds. The van der Waals surface area contributed by atoms with Crippen LogP contribution >= 0.6 is 27.5 Å². The van der Waals surface area contributed by atoms with Crippen molar-refractivity contribution in [2.24, 2.45) is 0 Å². The second-order valence-corrected chi connectivity index (χ2v) is 7.60. The minimum absolute atomic E-state index is 0.0628. The number of hydrogen-bond acceptors (Lipinski definition) is 4. The first-order valence-electron chi connectivity index (χ1n) is 8.84. The predicted molar refractivity (Wildman–Crippen MR) is 109 cm³/mol. The van der Waals surface area contributed by atoms with Crippen molar-refractivity contribution in [3.8, 4) is 5.75 Å². The topological polar surface area (TPSA) is 50.8 Å². The van der Waals surface area contributed by atoms with E-state index in [1.807, 2.05) is 30.3 Å². The van der Waals surface area contributed by atoms with Gasteiger partial charge in [-0.25, -0.2) is 0 Å². The van der Waals surface area contributed by atoms with Crippen molar-refractivity contribution >= 4 is 33.4 Å². The SMILES string of the molecule is O=C(COc1ccc(Cl)cc1Br)NC(CN1CCOCC1)c1ccccc1. The number of ether oxygens (including phenoxy) is 2. The van der Waals surface area contributed by atoms with Gasteiger partial charge in [-0.3, -0.25) is 9.69 Å². The molecule has 1 saturated heterocycles. The van der Waals surface area contributed by atoms with Crippen molar-refractivity contribution in [3.05, 3.63) is 63.6 Å². The molecule has 0 saturated carbocycles. The van der Waals surface area contributed by atoms with Crippen LogP contribution in [0.15, 0.2) is 53.0 Å². The molecule has 2 aromatic rings. The van der Waals surface area contributed by atoms with Crippen molar-refractivity contribution in [3.63, 3.8) is 0 Å². The summed E-state index contributed by atoms with van der Waals surface area (Å²) in [5.41, 5.74) is 1.07. The van der Waals surface area contributed by atoms with Gasteiger partial charge in [0.15, 0.2) is 6.61 Å². The summed E-state index contributed by atoms with van der Waals surface area (Å²) < 4.78 is 11.8. The first-order valence-corrected chi connectivity index (χ1v) is 10.0. The number of carbonyl (C=O) groups is 1. The molecule has 1 fully saturated rings. The summed E-state index contributed by atoms with van der Waals surface area (Å²) >= 11 is 9.32. The van der Waals surface area contributed by atoms with Crippen LogP contribution < -0.4 is 10.1 Å². The van der Waals surface area contributed by atoms with E-state index in [0.717, 1.165) is 42.9 Å². The maximum absolute atomic E-state index is 12.5. The molecule has 0 bridgehead atoms. The number of carbonyl (C=O) groups excluding carboxylic acids is 1. The Balaban J connectivity index is 1.61. The molecule has 7 heteroatoms. The van der Waals surface area contributed by atoms with E-state index in [-0.39, 0.29) is 18.6 Å². The van der Waals surface area contributed by atoms with Crippen LogP contribution in [-0.2, 0) is 9.53 Å². The Labute approximate surface area is 172 Å². The predicted octanol–water partition coefficient (Wildman–Crippen LogP) is 3.67. The van der Waals surface area contributed by atoms with Gasteiger partial charge in [0.1, 0.15) is 5.75 Å². The van der Waals surface area contributed by atoms with Gasteiger partial charge in [0.25, 0.3) is 5.91 Å². The summed E-state index contributed by atoms with van der Waals surface area (Å²) in [4.78, 5) is 14.8. The van der Waals surface area contributed by atoms with E-state index in [9.17, 15) is 4.79 Å². The lowest BCUT2D eigenvalue weighted by molar-refractivity contribution is -0.124. The number of rotatable bonds is 7. The molecule has 1 aliphatic rings. The molecule has 1 unspecified atom stereocenters. The van der Waals surface area contributed by atoms with Crippen molar-refractivity contribution in [1.29, 1.82) is 0 Å². The Morgan fingerprint density at radius 3 is 2.67 bits per heavy atom. The lowest BCUT2D eigenvalue weighted by Gasteiger charge is -2.31. The number of amides is 1. The maximum Gasteiger partial charge on any atom is 0.258 e.